The van der Waals surface area contributed by atoms with E-state index in [-0.39, 0.29) is 5.91 Å². The molecule has 1 N–H and O–H groups in total. The summed E-state index contributed by atoms with van der Waals surface area (Å²) in [5, 5.41) is 15.8. The van der Waals surface area contributed by atoms with Crippen LogP contribution in [0.15, 0.2) is 16.8 Å². The SMILES string of the molecule is CCC(C)(C#N)C(=O)NCCc1ccsc1. The Labute approximate surface area is 100 Å². The molecule has 0 saturated heterocycles. The van der Waals surface area contributed by atoms with Gasteiger partial charge in [0.05, 0.1) is 6.07 Å². The minimum absolute atomic E-state index is 0.173. The van der Waals surface area contributed by atoms with Crippen molar-refractivity contribution < 1.29 is 4.79 Å². The van der Waals surface area contributed by atoms with Gasteiger partial charge in [0, 0.05) is 6.54 Å². The highest BCUT2D eigenvalue weighted by atomic mass is 32.1. The molecule has 0 aromatic carbocycles. The van der Waals surface area contributed by atoms with Gasteiger partial charge in [0.15, 0.2) is 0 Å². The third-order valence-corrected chi connectivity index (χ3v) is 3.47. The molecule has 86 valence electrons. The van der Waals surface area contributed by atoms with Crippen molar-refractivity contribution in [1.29, 1.82) is 5.26 Å². The topological polar surface area (TPSA) is 52.9 Å². The standard InChI is InChI=1S/C12H16N2OS/c1-3-12(2,9-13)11(15)14-6-4-10-5-7-16-8-10/h5,7-8H,3-4,6H2,1-2H3,(H,14,15). The maximum Gasteiger partial charge on any atom is 0.240 e. The number of amides is 1. The molecule has 0 aliphatic heterocycles. The molecule has 1 aromatic rings. The molecule has 1 unspecified atom stereocenters. The largest absolute Gasteiger partial charge is 0.354 e. The molecule has 1 rings (SSSR count). The van der Waals surface area contributed by atoms with Crippen molar-refractivity contribution in [3.63, 3.8) is 0 Å². The Bertz CT molecular complexity index is 380. The molecule has 0 radical (unpaired) electrons. The fraction of sp³-hybridized carbons (Fsp3) is 0.500. The molecule has 1 aromatic heterocycles. The van der Waals surface area contributed by atoms with Crippen molar-refractivity contribution >= 4 is 17.2 Å². The average molecular weight is 236 g/mol. The van der Waals surface area contributed by atoms with Crippen LogP contribution in [0.5, 0.6) is 0 Å². The fourth-order valence-electron chi connectivity index (χ4n) is 1.24. The maximum atomic E-state index is 11.7. The summed E-state index contributed by atoms with van der Waals surface area (Å²) in [6, 6.07) is 4.10. The summed E-state index contributed by atoms with van der Waals surface area (Å²) >= 11 is 1.65. The summed E-state index contributed by atoms with van der Waals surface area (Å²) in [6.07, 6.45) is 1.36. The second-order valence-corrected chi connectivity index (χ2v) is 4.71. The summed E-state index contributed by atoms with van der Waals surface area (Å²) in [5.41, 5.74) is 0.328. The van der Waals surface area contributed by atoms with Gasteiger partial charge in [-0.1, -0.05) is 6.92 Å². The lowest BCUT2D eigenvalue weighted by Gasteiger charge is -2.18. The van der Waals surface area contributed by atoms with Crippen molar-refractivity contribution in [3.8, 4) is 6.07 Å². The van der Waals surface area contributed by atoms with E-state index in [1.165, 1.54) is 5.56 Å². The van der Waals surface area contributed by atoms with E-state index < -0.39 is 5.41 Å². The van der Waals surface area contributed by atoms with Gasteiger partial charge >= 0.3 is 0 Å². The van der Waals surface area contributed by atoms with Crippen molar-refractivity contribution in [2.45, 2.75) is 26.7 Å². The molecular weight excluding hydrogens is 220 g/mol. The normalized spacial score (nSPS) is 13.8. The molecule has 1 atom stereocenters. The molecule has 0 fully saturated rings. The lowest BCUT2D eigenvalue weighted by molar-refractivity contribution is -0.127. The highest BCUT2D eigenvalue weighted by Gasteiger charge is 2.30. The number of carbonyl (C=O) groups excluding carboxylic acids is 1. The number of hydrogen-bond acceptors (Lipinski definition) is 3. The first kappa shape index (κ1) is 12.7. The van der Waals surface area contributed by atoms with Crippen LogP contribution in [0.1, 0.15) is 25.8 Å². The number of carbonyl (C=O) groups is 1. The molecule has 4 heteroatoms. The van der Waals surface area contributed by atoms with Crippen LogP contribution in [0, 0.1) is 16.7 Å². The Morgan fingerprint density at radius 1 is 1.69 bits per heavy atom. The molecule has 1 amide bonds. The first-order valence-electron chi connectivity index (χ1n) is 5.33. The van der Waals surface area contributed by atoms with E-state index >= 15 is 0 Å². The highest BCUT2D eigenvalue weighted by Crippen LogP contribution is 2.19. The molecule has 1 heterocycles. The van der Waals surface area contributed by atoms with E-state index in [0.29, 0.717) is 13.0 Å². The average Bonchev–Trinajstić information content (AvgIpc) is 2.80. The van der Waals surface area contributed by atoms with Crippen LogP contribution < -0.4 is 5.32 Å². The third-order valence-electron chi connectivity index (χ3n) is 2.73. The zero-order chi connectivity index (χ0) is 12.0. The van der Waals surface area contributed by atoms with E-state index in [4.69, 9.17) is 5.26 Å². The van der Waals surface area contributed by atoms with Gasteiger partial charge in [0.1, 0.15) is 5.41 Å². The second kappa shape index (κ2) is 5.66. The molecule has 0 aliphatic carbocycles. The lowest BCUT2D eigenvalue weighted by Crippen LogP contribution is -2.38. The van der Waals surface area contributed by atoms with Gasteiger partial charge in [0.25, 0.3) is 0 Å². The number of thiophene rings is 1. The van der Waals surface area contributed by atoms with Crippen molar-refractivity contribution in [3.05, 3.63) is 22.4 Å². The second-order valence-electron chi connectivity index (χ2n) is 3.93. The quantitative estimate of drug-likeness (QED) is 0.853. The summed E-state index contributed by atoms with van der Waals surface area (Å²) in [5.74, 6) is -0.173. The van der Waals surface area contributed by atoms with Gasteiger partial charge in [-0.3, -0.25) is 4.79 Å². The first-order valence-corrected chi connectivity index (χ1v) is 6.27. The molecule has 16 heavy (non-hydrogen) atoms. The Kier molecular flexibility index (Phi) is 4.51. The molecular formula is C12H16N2OS. The van der Waals surface area contributed by atoms with E-state index in [1.54, 1.807) is 18.3 Å². The van der Waals surface area contributed by atoms with E-state index in [0.717, 1.165) is 6.42 Å². The predicted molar refractivity (Wildman–Crippen MR) is 65.0 cm³/mol. The summed E-state index contributed by atoms with van der Waals surface area (Å²) < 4.78 is 0. The number of hydrogen-bond donors (Lipinski definition) is 1. The van der Waals surface area contributed by atoms with E-state index in [1.807, 2.05) is 18.4 Å². The van der Waals surface area contributed by atoms with Gasteiger partial charge < -0.3 is 5.32 Å². The van der Waals surface area contributed by atoms with Gasteiger partial charge in [-0.2, -0.15) is 16.6 Å². The number of rotatable bonds is 5. The molecule has 0 aliphatic rings. The third kappa shape index (κ3) is 3.07. The zero-order valence-corrected chi connectivity index (χ0v) is 10.4. The van der Waals surface area contributed by atoms with Crippen LogP contribution in [-0.2, 0) is 11.2 Å². The minimum Gasteiger partial charge on any atom is -0.354 e. The Hall–Kier alpha value is -1.34. The zero-order valence-electron chi connectivity index (χ0n) is 9.62. The van der Waals surface area contributed by atoms with Crippen LogP contribution in [0.2, 0.25) is 0 Å². The van der Waals surface area contributed by atoms with Gasteiger partial charge in [-0.05, 0) is 42.2 Å². The van der Waals surface area contributed by atoms with E-state index in [9.17, 15) is 4.79 Å². The smallest absolute Gasteiger partial charge is 0.240 e. The van der Waals surface area contributed by atoms with Gasteiger partial charge in [0.2, 0.25) is 5.91 Å². The van der Waals surface area contributed by atoms with Crippen LogP contribution >= 0.6 is 11.3 Å². The fourth-order valence-corrected chi connectivity index (χ4v) is 1.94. The maximum absolute atomic E-state index is 11.7. The van der Waals surface area contributed by atoms with Crippen LogP contribution in [0.3, 0.4) is 0 Å². The predicted octanol–water partition coefficient (Wildman–Crippen LogP) is 2.35. The van der Waals surface area contributed by atoms with E-state index in [2.05, 4.69) is 16.8 Å². The van der Waals surface area contributed by atoms with Crippen LogP contribution in [-0.4, -0.2) is 12.5 Å². The van der Waals surface area contributed by atoms with Gasteiger partial charge in [-0.15, -0.1) is 0 Å². The van der Waals surface area contributed by atoms with Crippen LogP contribution in [0.25, 0.3) is 0 Å². The number of nitrogens with one attached hydrogen (secondary N) is 1. The Morgan fingerprint density at radius 3 is 2.94 bits per heavy atom. The minimum atomic E-state index is -0.894. The number of nitrogens with zero attached hydrogens (tertiary/aromatic N) is 1. The molecule has 0 spiro atoms. The molecule has 0 bridgehead atoms. The number of nitriles is 1. The summed E-state index contributed by atoms with van der Waals surface area (Å²) in [7, 11) is 0. The summed E-state index contributed by atoms with van der Waals surface area (Å²) in [6.45, 7) is 4.11. The highest BCUT2D eigenvalue weighted by molar-refractivity contribution is 7.07. The van der Waals surface area contributed by atoms with Crippen molar-refractivity contribution in [2.75, 3.05) is 6.54 Å². The molecule has 3 nitrogen and oxygen atoms in total. The molecule has 0 saturated carbocycles. The monoisotopic (exact) mass is 236 g/mol. The lowest BCUT2D eigenvalue weighted by atomic mass is 9.88. The Balaban J connectivity index is 2.39. The first-order chi connectivity index (χ1) is 7.62. The summed E-state index contributed by atoms with van der Waals surface area (Å²) in [4.78, 5) is 11.7. The van der Waals surface area contributed by atoms with Gasteiger partial charge in [-0.25, -0.2) is 0 Å². The van der Waals surface area contributed by atoms with Crippen molar-refractivity contribution in [2.24, 2.45) is 5.41 Å². The van der Waals surface area contributed by atoms with Crippen molar-refractivity contribution in [1.82, 2.24) is 5.32 Å². The Morgan fingerprint density at radius 2 is 2.44 bits per heavy atom. The van der Waals surface area contributed by atoms with Crippen LogP contribution in [0.4, 0.5) is 0 Å².